The van der Waals surface area contributed by atoms with Crippen molar-refractivity contribution in [3.8, 4) is 11.1 Å². The van der Waals surface area contributed by atoms with Gasteiger partial charge in [0.2, 0.25) is 0 Å². The molecule has 0 saturated carbocycles. The van der Waals surface area contributed by atoms with Gasteiger partial charge in [0.1, 0.15) is 0 Å². The smallest absolute Gasteiger partial charge is 0.270 e. The highest BCUT2D eigenvalue weighted by Gasteiger charge is 2.30. The fraction of sp³-hybridized carbons (Fsp3) is 0. The third-order valence-corrected chi connectivity index (χ3v) is 3.55. The summed E-state index contributed by atoms with van der Waals surface area (Å²) in [6.07, 6.45) is 0. The van der Waals surface area contributed by atoms with E-state index >= 15 is 0 Å². The summed E-state index contributed by atoms with van der Waals surface area (Å²) in [6, 6.07) is 7.29. The molecule has 0 saturated heterocycles. The normalized spacial score (nSPS) is 12.2. The fourth-order valence-electron chi connectivity index (χ4n) is 2.22. The van der Waals surface area contributed by atoms with Crippen molar-refractivity contribution in [3.63, 3.8) is 0 Å². The molecule has 0 unspecified atom stereocenters. The van der Waals surface area contributed by atoms with Gasteiger partial charge in [-0.3, -0.25) is 14.9 Å². The molecule has 0 amide bonds. The quantitative estimate of drug-likeness (QED) is 0.501. The first kappa shape index (κ1) is 12.1. The SMILES string of the molecule is O=C1c2cc([N+](=O)[O-])ccc2-c2cc(Cl)cc(Cl)c21. The topological polar surface area (TPSA) is 60.2 Å². The molecule has 1 aliphatic carbocycles. The lowest BCUT2D eigenvalue weighted by molar-refractivity contribution is -0.384. The van der Waals surface area contributed by atoms with Gasteiger partial charge in [-0.15, -0.1) is 0 Å². The highest BCUT2D eigenvalue weighted by atomic mass is 35.5. The van der Waals surface area contributed by atoms with Crippen LogP contribution >= 0.6 is 23.2 Å². The monoisotopic (exact) mass is 293 g/mol. The molecule has 6 heteroatoms. The maximum atomic E-state index is 12.2. The first-order valence-corrected chi connectivity index (χ1v) is 6.07. The van der Waals surface area contributed by atoms with Gasteiger partial charge in [-0.25, -0.2) is 0 Å². The van der Waals surface area contributed by atoms with Gasteiger partial charge >= 0.3 is 0 Å². The molecule has 2 aromatic carbocycles. The number of hydrogen-bond donors (Lipinski definition) is 0. The summed E-state index contributed by atoms with van der Waals surface area (Å²) in [5, 5.41) is 11.4. The van der Waals surface area contributed by atoms with E-state index < -0.39 is 4.92 Å². The van der Waals surface area contributed by atoms with E-state index in [1.54, 1.807) is 12.1 Å². The van der Waals surface area contributed by atoms with E-state index in [0.717, 1.165) is 0 Å². The molecule has 0 bridgehead atoms. The van der Waals surface area contributed by atoms with Gasteiger partial charge in [-0.05, 0) is 29.3 Å². The molecule has 94 valence electrons. The zero-order valence-corrected chi connectivity index (χ0v) is 10.8. The van der Waals surface area contributed by atoms with Crippen LogP contribution in [-0.2, 0) is 0 Å². The molecular weight excluding hydrogens is 289 g/mol. The number of halogens is 2. The lowest BCUT2D eigenvalue weighted by Gasteiger charge is -2.02. The van der Waals surface area contributed by atoms with Crippen LogP contribution in [0, 0.1) is 10.1 Å². The molecule has 19 heavy (non-hydrogen) atoms. The molecule has 0 heterocycles. The molecule has 0 atom stereocenters. The predicted molar refractivity (Wildman–Crippen MR) is 72.0 cm³/mol. The largest absolute Gasteiger partial charge is 0.289 e. The number of carbonyl (C=O) groups excluding carboxylic acids is 1. The van der Waals surface area contributed by atoms with E-state index in [1.807, 2.05) is 0 Å². The summed E-state index contributed by atoms with van der Waals surface area (Å²) in [5.74, 6) is -0.310. The Morgan fingerprint density at radius 3 is 2.42 bits per heavy atom. The standard InChI is InChI=1S/C13H5Cl2NO3/c14-6-3-9-8-2-1-7(16(18)19)5-10(8)13(17)12(9)11(15)4-6/h1-5H. The Labute approximate surface area is 117 Å². The molecule has 0 fully saturated rings. The van der Waals surface area contributed by atoms with Crippen molar-refractivity contribution >= 4 is 34.7 Å². The number of rotatable bonds is 1. The Morgan fingerprint density at radius 2 is 1.74 bits per heavy atom. The molecule has 0 aromatic heterocycles. The zero-order valence-electron chi connectivity index (χ0n) is 9.31. The van der Waals surface area contributed by atoms with Gasteiger partial charge in [-0.2, -0.15) is 0 Å². The molecule has 3 rings (SSSR count). The van der Waals surface area contributed by atoms with Crippen molar-refractivity contribution in [2.24, 2.45) is 0 Å². The Balaban J connectivity index is 2.31. The maximum absolute atomic E-state index is 12.2. The average molecular weight is 294 g/mol. The molecule has 0 spiro atoms. The number of nitro groups is 1. The van der Waals surface area contributed by atoms with Crippen LogP contribution in [0.3, 0.4) is 0 Å². The third kappa shape index (κ3) is 1.72. The van der Waals surface area contributed by atoms with E-state index in [0.29, 0.717) is 21.7 Å². The Bertz CT molecular complexity index is 756. The van der Waals surface area contributed by atoms with Crippen LogP contribution in [0.1, 0.15) is 15.9 Å². The summed E-state index contributed by atoms with van der Waals surface area (Å²) in [6.45, 7) is 0. The fourth-order valence-corrected chi connectivity index (χ4v) is 2.80. The van der Waals surface area contributed by atoms with Gasteiger partial charge in [0.25, 0.3) is 5.69 Å². The first-order chi connectivity index (χ1) is 8.99. The predicted octanol–water partition coefficient (Wildman–Crippen LogP) is 4.11. The van der Waals surface area contributed by atoms with Crippen molar-refractivity contribution in [2.45, 2.75) is 0 Å². The maximum Gasteiger partial charge on any atom is 0.270 e. The Kier molecular flexibility index (Phi) is 2.59. The molecule has 0 radical (unpaired) electrons. The van der Waals surface area contributed by atoms with Crippen molar-refractivity contribution in [1.82, 2.24) is 0 Å². The Hall–Kier alpha value is -1.91. The number of ketones is 1. The van der Waals surface area contributed by atoms with Crippen LogP contribution in [0.25, 0.3) is 11.1 Å². The van der Waals surface area contributed by atoms with Crippen LogP contribution in [0.15, 0.2) is 30.3 Å². The number of benzene rings is 2. The summed E-state index contributed by atoms with van der Waals surface area (Å²) in [5.41, 5.74) is 1.75. The number of nitrogens with zero attached hydrogens (tertiary/aromatic N) is 1. The molecular formula is C13H5Cl2NO3. The molecule has 1 aliphatic rings. The lowest BCUT2D eigenvalue weighted by atomic mass is 10.1. The lowest BCUT2D eigenvalue weighted by Crippen LogP contribution is -1.97. The second-order valence-corrected chi connectivity index (χ2v) is 4.97. The van der Waals surface area contributed by atoms with E-state index in [4.69, 9.17) is 23.2 Å². The number of carbonyl (C=O) groups is 1. The van der Waals surface area contributed by atoms with Gasteiger partial charge in [0.15, 0.2) is 5.78 Å². The van der Waals surface area contributed by atoms with Crippen molar-refractivity contribution in [3.05, 3.63) is 61.6 Å². The van der Waals surface area contributed by atoms with Gasteiger partial charge in [-0.1, -0.05) is 23.2 Å². The van der Waals surface area contributed by atoms with Gasteiger partial charge in [0.05, 0.1) is 9.95 Å². The van der Waals surface area contributed by atoms with E-state index in [9.17, 15) is 14.9 Å². The highest BCUT2D eigenvalue weighted by Crippen LogP contribution is 2.42. The molecule has 2 aromatic rings. The Morgan fingerprint density at radius 1 is 1.00 bits per heavy atom. The van der Waals surface area contributed by atoms with Crippen LogP contribution in [0.2, 0.25) is 10.0 Å². The first-order valence-electron chi connectivity index (χ1n) is 5.31. The van der Waals surface area contributed by atoms with Crippen molar-refractivity contribution in [2.75, 3.05) is 0 Å². The molecule has 4 nitrogen and oxygen atoms in total. The van der Waals surface area contributed by atoms with Crippen molar-refractivity contribution in [1.29, 1.82) is 0 Å². The minimum Gasteiger partial charge on any atom is -0.289 e. The third-order valence-electron chi connectivity index (χ3n) is 3.03. The average Bonchev–Trinajstić information content (AvgIpc) is 2.62. The van der Waals surface area contributed by atoms with E-state index in [1.165, 1.54) is 18.2 Å². The zero-order chi connectivity index (χ0) is 13.7. The number of non-ortho nitro benzene ring substituents is 1. The van der Waals surface area contributed by atoms with E-state index in [-0.39, 0.29) is 22.1 Å². The summed E-state index contributed by atoms with van der Waals surface area (Å²) >= 11 is 11.9. The van der Waals surface area contributed by atoms with Crippen molar-refractivity contribution < 1.29 is 9.72 Å². The summed E-state index contributed by atoms with van der Waals surface area (Å²) in [4.78, 5) is 22.5. The van der Waals surface area contributed by atoms with Crippen LogP contribution in [0.4, 0.5) is 5.69 Å². The van der Waals surface area contributed by atoms with Crippen LogP contribution in [0.5, 0.6) is 0 Å². The summed E-state index contributed by atoms with van der Waals surface area (Å²) < 4.78 is 0. The second-order valence-electron chi connectivity index (χ2n) is 4.13. The highest BCUT2D eigenvalue weighted by molar-refractivity contribution is 6.40. The molecule has 0 N–H and O–H groups in total. The number of hydrogen-bond acceptors (Lipinski definition) is 3. The van der Waals surface area contributed by atoms with Crippen LogP contribution < -0.4 is 0 Å². The minimum absolute atomic E-state index is 0.123. The summed E-state index contributed by atoms with van der Waals surface area (Å²) in [7, 11) is 0. The number of fused-ring (bicyclic) bond motifs is 3. The van der Waals surface area contributed by atoms with Crippen LogP contribution in [-0.4, -0.2) is 10.7 Å². The molecule has 0 aliphatic heterocycles. The second kappa shape index (κ2) is 4.05. The van der Waals surface area contributed by atoms with Gasteiger partial charge in [0, 0.05) is 28.3 Å². The van der Waals surface area contributed by atoms with Gasteiger partial charge < -0.3 is 0 Å². The number of nitro benzene ring substituents is 1. The minimum atomic E-state index is -0.537. The van der Waals surface area contributed by atoms with E-state index in [2.05, 4.69) is 0 Å².